The first-order valence-corrected chi connectivity index (χ1v) is 5.27. The van der Waals surface area contributed by atoms with Crippen molar-refractivity contribution in [2.24, 2.45) is 7.05 Å². The molecule has 1 aromatic rings. The zero-order valence-electron chi connectivity index (χ0n) is 6.31. The Labute approximate surface area is 74.4 Å². The molecular formula is C4H7ClN4O2S. The average molecular weight is 211 g/mol. The lowest BCUT2D eigenvalue weighted by atomic mass is 11.0. The monoisotopic (exact) mass is 210 g/mol. The minimum atomic E-state index is -3.40. The molecule has 0 saturated heterocycles. The van der Waals surface area contributed by atoms with Crippen LogP contribution >= 0.6 is 11.6 Å². The Morgan fingerprint density at radius 3 is 2.67 bits per heavy atom. The van der Waals surface area contributed by atoms with Crippen LogP contribution in [0.4, 0.5) is 0 Å². The van der Waals surface area contributed by atoms with Crippen LogP contribution in [0.2, 0.25) is 0 Å². The number of alkyl halides is 1. The van der Waals surface area contributed by atoms with Crippen LogP contribution in [-0.4, -0.2) is 40.3 Å². The molecule has 0 fully saturated rings. The van der Waals surface area contributed by atoms with Gasteiger partial charge in [-0.15, -0.1) is 11.6 Å². The molecule has 0 saturated carbocycles. The maximum atomic E-state index is 11.3. The second kappa shape index (κ2) is 3.36. The van der Waals surface area contributed by atoms with Crippen molar-refractivity contribution in [2.45, 2.75) is 5.16 Å². The molecule has 1 heterocycles. The molecule has 0 spiro atoms. The molecule has 0 bridgehead atoms. The molecule has 68 valence electrons. The van der Waals surface area contributed by atoms with E-state index >= 15 is 0 Å². The topological polar surface area (TPSA) is 77.7 Å². The first-order chi connectivity index (χ1) is 5.58. The molecule has 12 heavy (non-hydrogen) atoms. The summed E-state index contributed by atoms with van der Waals surface area (Å²) in [4.78, 5) is 0. The van der Waals surface area contributed by atoms with Crippen molar-refractivity contribution in [2.75, 3.05) is 11.6 Å². The molecule has 1 aromatic heterocycles. The Morgan fingerprint density at radius 2 is 2.25 bits per heavy atom. The van der Waals surface area contributed by atoms with Gasteiger partial charge in [0.25, 0.3) is 5.16 Å². The molecule has 0 aliphatic rings. The summed E-state index contributed by atoms with van der Waals surface area (Å²) in [5.41, 5.74) is 0. The number of aromatic nitrogens is 4. The molecule has 0 radical (unpaired) electrons. The van der Waals surface area contributed by atoms with E-state index in [4.69, 9.17) is 11.6 Å². The zero-order valence-corrected chi connectivity index (χ0v) is 7.88. The Morgan fingerprint density at radius 1 is 1.58 bits per heavy atom. The van der Waals surface area contributed by atoms with Gasteiger partial charge in [0.2, 0.25) is 9.84 Å². The SMILES string of the molecule is Cn1nnnc1S(=O)(=O)CCCl. The highest BCUT2D eigenvalue weighted by Gasteiger charge is 2.19. The Balaban J connectivity index is 3.06. The third-order valence-corrected chi connectivity index (χ3v) is 3.26. The highest BCUT2D eigenvalue weighted by atomic mass is 35.5. The number of hydrogen-bond donors (Lipinski definition) is 0. The van der Waals surface area contributed by atoms with Gasteiger partial charge in [0.15, 0.2) is 0 Å². The van der Waals surface area contributed by atoms with Gasteiger partial charge < -0.3 is 0 Å². The Kier molecular flexibility index (Phi) is 2.63. The molecule has 0 atom stereocenters. The summed E-state index contributed by atoms with van der Waals surface area (Å²) in [7, 11) is -1.94. The summed E-state index contributed by atoms with van der Waals surface area (Å²) in [5, 5.41) is 9.82. The summed E-state index contributed by atoms with van der Waals surface area (Å²) in [6.45, 7) is 0. The molecule has 0 aliphatic heterocycles. The smallest absolute Gasteiger partial charge is 0.220 e. The van der Waals surface area contributed by atoms with Gasteiger partial charge in [-0.1, -0.05) is 5.10 Å². The van der Waals surface area contributed by atoms with Gasteiger partial charge in [-0.05, 0) is 10.4 Å². The number of nitrogens with zero attached hydrogens (tertiary/aromatic N) is 4. The van der Waals surface area contributed by atoms with E-state index in [2.05, 4.69) is 15.5 Å². The van der Waals surface area contributed by atoms with E-state index in [1.807, 2.05) is 0 Å². The van der Waals surface area contributed by atoms with Crippen LogP contribution in [0.3, 0.4) is 0 Å². The van der Waals surface area contributed by atoms with Crippen LogP contribution in [0, 0.1) is 0 Å². The molecule has 0 N–H and O–H groups in total. The summed E-state index contributed by atoms with van der Waals surface area (Å²) >= 11 is 5.30. The lowest BCUT2D eigenvalue weighted by molar-refractivity contribution is 0.570. The second-order valence-corrected chi connectivity index (χ2v) is 4.47. The third-order valence-electron chi connectivity index (χ3n) is 1.21. The molecule has 0 aromatic carbocycles. The second-order valence-electron chi connectivity index (χ2n) is 2.09. The fourth-order valence-corrected chi connectivity index (χ4v) is 2.27. The largest absolute Gasteiger partial charge is 0.267 e. The summed E-state index contributed by atoms with van der Waals surface area (Å²) in [6, 6.07) is 0. The molecule has 0 unspecified atom stereocenters. The fraction of sp³-hybridized carbons (Fsp3) is 0.750. The minimum absolute atomic E-state index is 0.0369. The normalized spacial score (nSPS) is 11.8. The first-order valence-electron chi connectivity index (χ1n) is 3.09. The van der Waals surface area contributed by atoms with Crippen LogP contribution in [0.5, 0.6) is 0 Å². The summed E-state index contributed by atoms with van der Waals surface area (Å²) < 4.78 is 23.6. The summed E-state index contributed by atoms with van der Waals surface area (Å²) in [6.07, 6.45) is 0. The van der Waals surface area contributed by atoms with Crippen LogP contribution in [0.25, 0.3) is 0 Å². The highest BCUT2D eigenvalue weighted by molar-refractivity contribution is 7.91. The van der Waals surface area contributed by atoms with E-state index in [0.717, 1.165) is 4.68 Å². The predicted octanol–water partition coefficient (Wildman–Crippen LogP) is -0.777. The number of rotatable bonds is 3. The van der Waals surface area contributed by atoms with Crippen LogP contribution in [0.15, 0.2) is 5.16 Å². The van der Waals surface area contributed by atoms with Crippen molar-refractivity contribution in [1.29, 1.82) is 0 Å². The molecule has 0 aliphatic carbocycles. The Hall–Kier alpha value is -0.690. The number of halogens is 1. The van der Waals surface area contributed by atoms with Crippen molar-refractivity contribution in [1.82, 2.24) is 20.2 Å². The highest BCUT2D eigenvalue weighted by Crippen LogP contribution is 2.03. The van der Waals surface area contributed by atoms with Crippen molar-refractivity contribution in [3.05, 3.63) is 0 Å². The molecular weight excluding hydrogens is 204 g/mol. The van der Waals surface area contributed by atoms with Crippen LogP contribution in [-0.2, 0) is 16.9 Å². The van der Waals surface area contributed by atoms with E-state index in [-0.39, 0.29) is 16.8 Å². The van der Waals surface area contributed by atoms with E-state index in [0.29, 0.717) is 0 Å². The summed E-state index contributed by atoms with van der Waals surface area (Å²) in [5.74, 6) is -0.113. The van der Waals surface area contributed by atoms with Gasteiger partial charge >= 0.3 is 0 Å². The average Bonchev–Trinajstić information content (AvgIpc) is 2.35. The number of aryl methyl sites for hydroxylation is 1. The number of hydrogen-bond acceptors (Lipinski definition) is 5. The van der Waals surface area contributed by atoms with Gasteiger partial charge in [0.1, 0.15) is 0 Å². The van der Waals surface area contributed by atoms with E-state index in [9.17, 15) is 8.42 Å². The van der Waals surface area contributed by atoms with Gasteiger partial charge in [0.05, 0.1) is 5.75 Å². The van der Waals surface area contributed by atoms with Crippen molar-refractivity contribution < 1.29 is 8.42 Å². The van der Waals surface area contributed by atoms with Crippen molar-refractivity contribution >= 4 is 21.4 Å². The first kappa shape index (κ1) is 9.40. The zero-order chi connectivity index (χ0) is 9.19. The van der Waals surface area contributed by atoms with Crippen LogP contribution in [0.1, 0.15) is 0 Å². The molecule has 6 nitrogen and oxygen atoms in total. The maximum absolute atomic E-state index is 11.3. The van der Waals surface area contributed by atoms with Gasteiger partial charge in [-0.25, -0.2) is 13.1 Å². The lowest BCUT2D eigenvalue weighted by Crippen LogP contribution is -2.13. The lowest BCUT2D eigenvalue weighted by Gasteiger charge is -1.97. The molecule has 8 heteroatoms. The van der Waals surface area contributed by atoms with Gasteiger partial charge in [0, 0.05) is 12.9 Å². The quantitative estimate of drug-likeness (QED) is 0.612. The maximum Gasteiger partial charge on any atom is 0.267 e. The van der Waals surface area contributed by atoms with Crippen LogP contribution < -0.4 is 0 Å². The predicted molar refractivity (Wildman–Crippen MR) is 41.6 cm³/mol. The van der Waals surface area contributed by atoms with Crippen molar-refractivity contribution in [3.8, 4) is 0 Å². The van der Waals surface area contributed by atoms with E-state index in [1.165, 1.54) is 7.05 Å². The standard InChI is InChI=1S/C4H7ClN4O2S/c1-9-4(6-7-8-9)12(10,11)3-2-5/h2-3H2,1H3. The van der Waals surface area contributed by atoms with E-state index < -0.39 is 9.84 Å². The number of tetrazole rings is 1. The third kappa shape index (κ3) is 1.72. The van der Waals surface area contributed by atoms with Gasteiger partial charge in [-0.2, -0.15) is 0 Å². The molecule has 0 amide bonds. The van der Waals surface area contributed by atoms with E-state index in [1.54, 1.807) is 0 Å². The molecule has 1 rings (SSSR count). The minimum Gasteiger partial charge on any atom is -0.220 e. The Bertz CT molecular complexity index is 359. The van der Waals surface area contributed by atoms with Gasteiger partial charge in [-0.3, -0.25) is 0 Å². The van der Waals surface area contributed by atoms with Crippen molar-refractivity contribution in [3.63, 3.8) is 0 Å². The number of sulfone groups is 1. The fourth-order valence-electron chi connectivity index (χ4n) is 0.678.